The fourth-order valence-electron chi connectivity index (χ4n) is 1.02. The number of benzene rings is 1. The Balaban J connectivity index is 2.76. The molecular weight excluding hydrogens is 195 g/mol. The zero-order valence-electron chi connectivity index (χ0n) is 8.30. The van der Waals surface area contributed by atoms with E-state index >= 15 is 0 Å². The van der Waals surface area contributed by atoms with Crippen molar-refractivity contribution in [3.63, 3.8) is 0 Å². The van der Waals surface area contributed by atoms with Crippen molar-refractivity contribution in [2.24, 2.45) is 0 Å². The molecule has 0 fully saturated rings. The fourth-order valence-corrected chi connectivity index (χ4v) is 1.02. The van der Waals surface area contributed by atoms with Gasteiger partial charge in [0, 0.05) is 5.69 Å². The van der Waals surface area contributed by atoms with E-state index < -0.39 is 11.7 Å². The normalized spacial score (nSPS) is 8.93. The molecule has 0 saturated heterocycles. The van der Waals surface area contributed by atoms with E-state index in [0.717, 1.165) is 6.07 Å². The smallest absolute Gasteiger partial charge is 0.255 e. The molecule has 1 aromatic carbocycles. The zero-order chi connectivity index (χ0) is 11.3. The molecule has 0 aliphatic carbocycles. The molecule has 0 bridgehead atoms. The number of nitrogen functional groups attached to an aromatic ring is 1. The van der Waals surface area contributed by atoms with E-state index in [1.54, 1.807) is 6.92 Å². The second-order valence-electron chi connectivity index (χ2n) is 2.85. The molecule has 0 radical (unpaired) electrons. The van der Waals surface area contributed by atoms with Crippen LogP contribution in [0.1, 0.15) is 17.3 Å². The van der Waals surface area contributed by atoms with Gasteiger partial charge < -0.3 is 11.1 Å². The van der Waals surface area contributed by atoms with Gasteiger partial charge in [0.15, 0.2) is 0 Å². The van der Waals surface area contributed by atoms with Gasteiger partial charge in [-0.3, -0.25) is 4.79 Å². The average molecular weight is 206 g/mol. The molecule has 0 heterocycles. The first-order valence-corrected chi connectivity index (χ1v) is 4.38. The molecule has 0 spiro atoms. The number of carbonyl (C=O) groups is 1. The summed E-state index contributed by atoms with van der Waals surface area (Å²) in [5.74, 6) is 4.15. The van der Waals surface area contributed by atoms with Crippen LogP contribution in [0, 0.1) is 17.7 Å². The highest BCUT2D eigenvalue weighted by atomic mass is 19.1. The molecule has 0 aliphatic heterocycles. The summed E-state index contributed by atoms with van der Waals surface area (Å²) in [6.45, 7) is 1.87. The van der Waals surface area contributed by atoms with Crippen molar-refractivity contribution >= 4 is 11.6 Å². The Hall–Kier alpha value is -2.02. The van der Waals surface area contributed by atoms with Crippen molar-refractivity contribution in [2.45, 2.75) is 6.92 Å². The van der Waals surface area contributed by atoms with Crippen LogP contribution in [0.3, 0.4) is 0 Å². The largest absolute Gasteiger partial charge is 0.399 e. The lowest BCUT2D eigenvalue weighted by Crippen LogP contribution is -2.24. The van der Waals surface area contributed by atoms with Crippen molar-refractivity contribution in [3.05, 3.63) is 29.6 Å². The molecule has 0 saturated carbocycles. The molecule has 15 heavy (non-hydrogen) atoms. The summed E-state index contributed by atoms with van der Waals surface area (Å²) in [4.78, 5) is 11.4. The maximum Gasteiger partial charge on any atom is 0.255 e. The predicted molar refractivity (Wildman–Crippen MR) is 56.6 cm³/mol. The van der Waals surface area contributed by atoms with Crippen molar-refractivity contribution in [2.75, 3.05) is 12.3 Å². The Morgan fingerprint density at radius 3 is 2.93 bits per heavy atom. The Kier molecular flexibility index (Phi) is 3.69. The SMILES string of the molecule is CC#CCNC(=O)c1ccc(N)cc1F. The first-order valence-electron chi connectivity index (χ1n) is 4.38. The Morgan fingerprint density at radius 1 is 1.60 bits per heavy atom. The lowest BCUT2D eigenvalue weighted by atomic mass is 10.2. The van der Waals surface area contributed by atoms with Crippen LogP contribution < -0.4 is 11.1 Å². The first kappa shape index (κ1) is 11.1. The van der Waals surface area contributed by atoms with E-state index in [1.165, 1.54) is 12.1 Å². The minimum absolute atomic E-state index is 0.0258. The zero-order valence-corrected chi connectivity index (χ0v) is 8.30. The molecule has 0 aromatic heterocycles. The van der Waals surface area contributed by atoms with E-state index in [-0.39, 0.29) is 17.8 Å². The number of hydrogen-bond acceptors (Lipinski definition) is 2. The predicted octanol–water partition coefficient (Wildman–Crippen LogP) is 1.16. The Labute approximate surface area is 87.5 Å². The summed E-state index contributed by atoms with van der Waals surface area (Å²) in [7, 11) is 0. The molecule has 3 nitrogen and oxygen atoms in total. The highest BCUT2D eigenvalue weighted by Crippen LogP contribution is 2.11. The van der Waals surface area contributed by atoms with Crippen LogP contribution in [0.25, 0.3) is 0 Å². The van der Waals surface area contributed by atoms with Gasteiger partial charge in [0.2, 0.25) is 0 Å². The third-order valence-corrected chi connectivity index (χ3v) is 1.75. The topological polar surface area (TPSA) is 55.1 Å². The van der Waals surface area contributed by atoms with Crippen LogP contribution in [0.15, 0.2) is 18.2 Å². The maximum atomic E-state index is 13.2. The summed E-state index contributed by atoms with van der Waals surface area (Å²) >= 11 is 0. The summed E-state index contributed by atoms with van der Waals surface area (Å²) in [6, 6.07) is 3.93. The molecule has 3 N–H and O–H groups in total. The first-order chi connectivity index (χ1) is 7.15. The quantitative estimate of drug-likeness (QED) is 0.563. The van der Waals surface area contributed by atoms with Gasteiger partial charge in [0.25, 0.3) is 5.91 Å². The summed E-state index contributed by atoms with van der Waals surface area (Å²) in [5, 5.41) is 2.47. The minimum Gasteiger partial charge on any atom is -0.399 e. The van der Waals surface area contributed by atoms with E-state index in [9.17, 15) is 9.18 Å². The second-order valence-corrected chi connectivity index (χ2v) is 2.85. The number of halogens is 1. The van der Waals surface area contributed by atoms with E-state index in [0.29, 0.717) is 0 Å². The number of amides is 1. The number of nitrogens with two attached hydrogens (primary N) is 1. The number of hydrogen-bond donors (Lipinski definition) is 2. The lowest BCUT2D eigenvalue weighted by Gasteiger charge is -2.03. The highest BCUT2D eigenvalue weighted by Gasteiger charge is 2.10. The van der Waals surface area contributed by atoms with Crippen molar-refractivity contribution in [3.8, 4) is 11.8 Å². The highest BCUT2D eigenvalue weighted by molar-refractivity contribution is 5.94. The Morgan fingerprint density at radius 2 is 2.33 bits per heavy atom. The van der Waals surface area contributed by atoms with Crippen LogP contribution in [0.4, 0.5) is 10.1 Å². The summed E-state index contributed by atoms with van der Waals surface area (Å²) in [6.07, 6.45) is 0. The lowest BCUT2D eigenvalue weighted by molar-refractivity contribution is 0.0955. The number of carbonyl (C=O) groups excluding carboxylic acids is 1. The molecule has 0 atom stereocenters. The molecule has 1 rings (SSSR count). The maximum absolute atomic E-state index is 13.2. The van der Waals surface area contributed by atoms with E-state index in [2.05, 4.69) is 17.2 Å². The number of rotatable bonds is 2. The molecule has 0 aliphatic rings. The summed E-state index contributed by atoms with van der Waals surface area (Å²) in [5.41, 5.74) is 5.62. The van der Waals surface area contributed by atoms with Gasteiger partial charge >= 0.3 is 0 Å². The minimum atomic E-state index is -0.628. The molecular formula is C11H11FN2O. The van der Waals surface area contributed by atoms with Crippen LogP contribution in [-0.4, -0.2) is 12.5 Å². The monoisotopic (exact) mass is 206 g/mol. The van der Waals surface area contributed by atoms with Crippen LogP contribution in [-0.2, 0) is 0 Å². The standard InChI is InChI=1S/C11H11FN2O/c1-2-3-6-14-11(15)9-5-4-8(13)7-10(9)12/h4-5,7H,6,13H2,1H3,(H,14,15). The molecule has 1 aromatic rings. The van der Waals surface area contributed by atoms with E-state index in [4.69, 9.17) is 5.73 Å². The van der Waals surface area contributed by atoms with Gasteiger partial charge in [0.05, 0.1) is 12.1 Å². The summed E-state index contributed by atoms with van der Waals surface area (Å²) < 4.78 is 13.2. The van der Waals surface area contributed by atoms with Crippen LogP contribution >= 0.6 is 0 Å². The van der Waals surface area contributed by atoms with Gasteiger partial charge in [-0.05, 0) is 25.1 Å². The number of nitrogens with one attached hydrogen (secondary N) is 1. The van der Waals surface area contributed by atoms with Gasteiger partial charge in [-0.25, -0.2) is 4.39 Å². The van der Waals surface area contributed by atoms with Crippen LogP contribution in [0.2, 0.25) is 0 Å². The van der Waals surface area contributed by atoms with Crippen molar-refractivity contribution in [1.29, 1.82) is 0 Å². The third-order valence-electron chi connectivity index (χ3n) is 1.75. The average Bonchev–Trinajstić information content (AvgIpc) is 2.17. The van der Waals surface area contributed by atoms with Gasteiger partial charge in [0.1, 0.15) is 5.82 Å². The van der Waals surface area contributed by atoms with Gasteiger partial charge in [-0.2, -0.15) is 0 Å². The van der Waals surface area contributed by atoms with Crippen molar-refractivity contribution < 1.29 is 9.18 Å². The fraction of sp³-hybridized carbons (Fsp3) is 0.182. The molecule has 78 valence electrons. The molecule has 1 amide bonds. The van der Waals surface area contributed by atoms with Crippen molar-refractivity contribution in [1.82, 2.24) is 5.32 Å². The number of anilines is 1. The van der Waals surface area contributed by atoms with Crippen LogP contribution in [0.5, 0.6) is 0 Å². The van der Waals surface area contributed by atoms with Gasteiger partial charge in [-0.1, -0.05) is 5.92 Å². The van der Waals surface area contributed by atoms with Gasteiger partial charge in [-0.15, -0.1) is 5.92 Å². The molecule has 0 unspecified atom stereocenters. The Bertz CT molecular complexity index is 432. The molecule has 4 heteroatoms. The second kappa shape index (κ2) is 5.01. The third kappa shape index (κ3) is 2.99. The van der Waals surface area contributed by atoms with E-state index in [1.807, 2.05) is 0 Å².